The van der Waals surface area contributed by atoms with Gasteiger partial charge >= 0.3 is 0 Å². The van der Waals surface area contributed by atoms with Crippen LogP contribution in [-0.2, 0) is 12.8 Å². The Morgan fingerprint density at radius 3 is 0.919 bits per heavy atom. The van der Waals surface area contributed by atoms with E-state index in [1.165, 1.54) is 121 Å². The van der Waals surface area contributed by atoms with Crippen LogP contribution in [0.4, 0.5) is 34.1 Å². The fourth-order valence-electron chi connectivity index (χ4n) is 12.3. The van der Waals surface area contributed by atoms with E-state index in [2.05, 4.69) is 270 Å². The van der Waals surface area contributed by atoms with Crippen LogP contribution in [0.3, 0.4) is 0 Å². The third kappa shape index (κ3) is 7.22. The molecule has 0 aliphatic carbocycles. The van der Waals surface area contributed by atoms with Crippen molar-refractivity contribution >= 4 is 98.8 Å². The minimum atomic E-state index is 0.447. The fourth-order valence-corrected chi connectivity index (χ4v) is 12.3. The van der Waals surface area contributed by atoms with E-state index in [1.807, 2.05) is 0 Å². The second kappa shape index (κ2) is 18.2. The maximum absolute atomic E-state index is 2.47. The van der Waals surface area contributed by atoms with Crippen LogP contribution in [0.25, 0.3) is 86.9 Å². The predicted molar refractivity (Wildman–Crippen MR) is 321 cm³/mol. The van der Waals surface area contributed by atoms with Crippen molar-refractivity contribution in [3.05, 3.63) is 241 Å². The molecule has 0 heterocycles. The molecule has 13 aromatic carbocycles. The molecule has 0 aliphatic heterocycles. The van der Waals surface area contributed by atoms with Crippen LogP contribution in [0.1, 0.15) is 75.6 Å². The first-order chi connectivity index (χ1) is 36.3. The van der Waals surface area contributed by atoms with E-state index in [-0.39, 0.29) is 0 Å². The number of rotatable bonds is 12. The Morgan fingerprint density at radius 1 is 0.284 bits per heavy atom. The highest BCUT2D eigenvalue weighted by molar-refractivity contribution is 6.47. The molecule has 0 aliphatic rings. The van der Waals surface area contributed by atoms with Crippen LogP contribution in [0.5, 0.6) is 0 Å². The Kier molecular flexibility index (Phi) is 11.2. The molecule has 0 unspecified atom stereocenters. The molecule has 0 atom stereocenters. The number of anilines is 6. The molecule has 0 aromatic heterocycles. The quantitative estimate of drug-likeness (QED) is 0.120. The zero-order chi connectivity index (χ0) is 50.2. The summed E-state index contributed by atoms with van der Waals surface area (Å²) < 4.78 is 0. The van der Waals surface area contributed by atoms with E-state index < -0.39 is 0 Å². The maximum Gasteiger partial charge on any atom is 0.0540 e. The first-order valence-electron chi connectivity index (χ1n) is 26.8. The molecule has 13 rings (SSSR count). The summed E-state index contributed by atoms with van der Waals surface area (Å²) in [4.78, 5) is 4.95. The Bertz CT molecular complexity index is 3820. The van der Waals surface area contributed by atoms with Gasteiger partial charge in [-0.2, -0.15) is 0 Å². The van der Waals surface area contributed by atoms with E-state index in [4.69, 9.17) is 0 Å². The lowest BCUT2D eigenvalue weighted by Crippen LogP contribution is -2.10. The van der Waals surface area contributed by atoms with Gasteiger partial charge in [0.1, 0.15) is 0 Å². The van der Waals surface area contributed by atoms with Crippen molar-refractivity contribution in [2.75, 3.05) is 9.80 Å². The Labute approximate surface area is 435 Å². The Morgan fingerprint density at radius 2 is 0.595 bits per heavy atom. The first-order valence-corrected chi connectivity index (χ1v) is 26.8. The van der Waals surface area contributed by atoms with Crippen LogP contribution in [-0.4, -0.2) is 0 Å². The van der Waals surface area contributed by atoms with Gasteiger partial charge in [-0.25, -0.2) is 0 Å². The van der Waals surface area contributed by atoms with Crippen molar-refractivity contribution in [1.29, 1.82) is 0 Å². The van der Waals surface area contributed by atoms with E-state index in [0.29, 0.717) is 11.8 Å². The second-order valence-electron chi connectivity index (χ2n) is 20.9. The van der Waals surface area contributed by atoms with Crippen molar-refractivity contribution < 1.29 is 0 Å². The molecule has 0 saturated carbocycles. The van der Waals surface area contributed by atoms with Crippen molar-refractivity contribution in [3.63, 3.8) is 0 Å². The molecular formula is C72H60N2. The highest BCUT2D eigenvalue weighted by Crippen LogP contribution is 2.57. The molecule has 2 nitrogen and oxygen atoms in total. The molecule has 0 radical (unpaired) electrons. The van der Waals surface area contributed by atoms with E-state index in [9.17, 15) is 0 Å². The zero-order valence-corrected chi connectivity index (χ0v) is 43.2. The molecule has 2 heteroatoms. The summed E-state index contributed by atoms with van der Waals surface area (Å²) in [7, 11) is 0. The number of benzene rings is 11. The molecule has 0 fully saturated rings. The number of hydrogen-bond donors (Lipinski definition) is 0. The lowest BCUT2D eigenvalue weighted by atomic mass is 9.87. The summed E-state index contributed by atoms with van der Waals surface area (Å²) in [6, 6.07) is 82.9. The molecule has 0 N–H and O–H groups in total. The zero-order valence-electron chi connectivity index (χ0n) is 43.2. The van der Waals surface area contributed by atoms with Crippen LogP contribution >= 0.6 is 0 Å². The molecule has 0 saturated heterocycles. The van der Waals surface area contributed by atoms with Gasteiger partial charge in [-0.15, -0.1) is 0 Å². The molecule has 0 spiro atoms. The summed E-state index contributed by atoms with van der Waals surface area (Å²) in [5, 5.41) is 15.4. The average Bonchev–Trinajstić information content (AvgIpc) is 3.97. The van der Waals surface area contributed by atoms with Gasteiger partial charge in [-0.1, -0.05) is 199 Å². The summed E-state index contributed by atoms with van der Waals surface area (Å²) >= 11 is 0. The van der Waals surface area contributed by atoms with Gasteiger partial charge in [-0.05, 0) is 184 Å². The summed E-state index contributed by atoms with van der Waals surface area (Å²) in [5.74, 6) is 0.894. The molecule has 358 valence electrons. The Hall–Kier alpha value is -8.46. The SMILES string of the molecule is CCc1ccc(N(c2ccc(C(C)C)cc2)c2ccc3c4c(-c5ccccc5)c5c6ccc(N(c7ccc(CC)cc7)c7ccc(C(C)C)cc7)c7cccc(c5c(-c5ccccc5)c4c4cccc2c43)c76)cc1. The number of aryl methyl sites for hydroxylation is 2. The van der Waals surface area contributed by atoms with Crippen molar-refractivity contribution in [1.82, 2.24) is 0 Å². The van der Waals surface area contributed by atoms with Gasteiger partial charge in [0.05, 0.1) is 11.4 Å². The highest BCUT2D eigenvalue weighted by atomic mass is 15.1. The standard InChI is InChI=1S/C72H60N2/c1-7-47-25-33-53(34-26-47)73(55-37-29-49(30-38-55)45(3)4)63-43-41-61-67-57(63)21-15-23-59(67)69-65(51-17-11-9-12-18-51)70-60-24-16-22-58-64(44-42-62(68(58)60)72(70)66(71(61)69)52-19-13-10-14-20-52)74(54-35-27-48(8-2)28-36-54)56-39-31-50(32-40-56)46(5)6/h9-46H,7-8H2,1-6H3. The van der Waals surface area contributed by atoms with Crippen LogP contribution in [0.15, 0.2) is 218 Å². The first kappa shape index (κ1) is 45.4. The molecule has 13 aromatic rings. The lowest BCUT2D eigenvalue weighted by Gasteiger charge is -2.27. The third-order valence-electron chi connectivity index (χ3n) is 16.1. The molecule has 0 amide bonds. The summed E-state index contributed by atoms with van der Waals surface area (Å²) in [6.45, 7) is 13.5. The maximum atomic E-state index is 2.47. The van der Waals surface area contributed by atoms with Crippen LogP contribution < -0.4 is 9.80 Å². The van der Waals surface area contributed by atoms with E-state index >= 15 is 0 Å². The van der Waals surface area contributed by atoms with Gasteiger partial charge in [0, 0.05) is 33.5 Å². The van der Waals surface area contributed by atoms with Crippen molar-refractivity contribution in [2.24, 2.45) is 0 Å². The molecular weight excluding hydrogens is 893 g/mol. The normalized spacial score (nSPS) is 12.0. The second-order valence-corrected chi connectivity index (χ2v) is 20.9. The average molecular weight is 953 g/mol. The van der Waals surface area contributed by atoms with Crippen molar-refractivity contribution in [3.8, 4) is 22.3 Å². The number of fused-ring (bicyclic) bond motifs is 6. The van der Waals surface area contributed by atoms with Crippen molar-refractivity contribution in [2.45, 2.75) is 66.2 Å². The van der Waals surface area contributed by atoms with Gasteiger partial charge in [0.2, 0.25) is 0 Å². The summed E-state index contributed by atoms with van der Waals surface area (Å²) in [5.41, 5.74) is 17.3. The van der Waals surface area contributed by atoms with Crippen LogP contribution in [0.2, 0.25) is 0 Å². The van der Waals surface area contributed by atoms with Gasteiger partial charge < -0.3 is 9.80 Å². The third-order valence-corrected chi connectivity index (χ3v) is 16.1. The summed E-state index contributed by atoms with van der Waals surface area (Å²) in [6.07, 6.45) is 2.00. The molecule has 0 bridgehead atoms. The monoisotopic (exact) mass is 952 g/mol. The minimum Gasteiger partial charge on any atom is -0.310 e. The largest absolute Gasteiger partial charge is 0.310 e. The van der Waals surface area contributed by atoms with Crippen LogP contribution in [0, 0.1) is 0 Å². The molecule has 74 heavy (non-hydrogen) atoms. The minimum absolute atomic E-state index is 0.447. The lowest BCUT2D eigenvalue weighted by molar-refractivity contribution is 0.866. The fraction of sp³-hybridized carbons (Fsp3) is 0.139. The number of nitrogens with zero attached hydrogens (tertiary/aromatic N) is 2. The van der Waals surface area contributed by atoms with E-state index in [1.54, 1.807) is 0 Å². The topological polar surface area (TPSA) is 6.48 Å². The highest BCUT2D eigenvalue weighted by Gasteiger charge is 2.30. The Balaban J connectivity index is 1.15. The van der Waals surface area contributed by atoms with E-state index in [0.717, 1.165) is 35.6 Å². The van der Waals surface area contributed by atoms with Gasteiger partial charge in [-0.3, -0.25) is 0 Å². The van der Waals surface area contributed by atoms with Gasteiger partial charge in [0.25, 0.3) is 0 Å². The van der Waals surface area contributed by atoms with Gasteiger partial charge in [0.15, 0.2) is 0 Å². The number of hydrogen-bond acceptors (Lipinski definition) is 2. The smallest absolute Gasteiger partial charge is 0.0540 e. The predicted octanol–water partition coefficient (Wildman–Crippen LogP) is 21.1.